The first kappa shape index (κ1) is 14.7. The highest BCUT2D eigenvalue weighted by Gasteiger charge is 2.17. The Labute approximate surface area is 107 Å². The molecule has 1 aromatic carbocycles. The van der Waals surface area contributed by atoms with Crippen LogP contribution in [0.15, 0.2) is 17.0 Å². The van der Waals surface area contributed by atoms with E-state index in [0.29, 0.717) is 24.2 Å². The topological polar surface area (TPSA) is 86.5 Å². The van der Waals surface area contributed by atoms with Crippen LogP contribution in [0.5, 0.6) is 0 Å². The zero-order valence-electron chi connectivity index (χ0n) is 10.7. The van der Waals surface area contributed by atoms with E-state index in [1.807, 2.05) is 6.92 Å². The molecule has 0 bridgehead atoms. The first-order valence-corrected chi connectivity index (χ1v) is 7.13. The molecule has 0 aliphatic heterocycles. The molecule has 0 aliphatic rings. The van der Waals surface area contributed by atoms with Crippen LogP contribution in [0.1, 0.15) is 34.8 Å². The van der Waals surface area contributed by atoms with E-state index in [1.54, 1.807) is 13.8 Å². The van der Waals surface area contributed by atoms with E-state index in [-0.39, 0.29) is 10.5 Å². The Balaban J connectivity index is 3.27. The summed E-state index contributed by atoms with van der Waals surface area (Å²) in [4.78, 5) is 11.7. The monoisotopic (exact) mass is 271 g/mol. The van der Waals surface area contributed by atoms with Crippen molar-refractivity contribution in [1.29, 1.82) is 0 Å². The van der Waals surface area contributed by atoms with Crippen LogP contribution in [-0.4, -0.2) is 21.0 Å². The molecule has 18 heavy (non-hydrogen) atoms. The molecule has 0 aliphatic carbocycles. The van der Waals surface area contributed by atoms with Crippen LogP contribution in [0.3, 0.4) is 0 Å². The molecule has 2 N–H and O–H groups in total. The number of benzene rings is 1. The van der Waals surface area contributed by atoms with Crippen LogP contribution in [0, 0.1) is 13.8 Å². The van der Waals surface area contributed by atoms with E-state index in [0.717, 1.165) is 0 Å². The number of sulfonamides is 1. The Kier molecular flexibility index (Phi) is 4.48. The molecule has 0 fully saturated rings. The molecule has 100 valence electrons. The predicted molar refractivity (Wildman–Crippen MR) is 67.9 cm³/mol. The van der Waals surface area contributed by atoms with Gasteiger partial charge in [-0.2, -0.15) is 0 Å². The van der Waals surface area contributed by atoms with Gasteiger partial charge in [-0.25, -0.2) is 18.4 Å². The summed E-state index contributed by atoms with van der Waals surface area (Å²) in [6.07, 6.45) is 0.707. The summed E-state index contributed by atoms with van der Waals surface area (Å²) in [7, 11) is -3.83. The predicted octanol–water partition coefficient (Wildman–Crippen LogP) is 1.52. The summed E-state index contributed by atoms with van der Waals surface area (Å²) < 4.78 is 27.6. The molecule has 1 rings (SSSR count). The molecule has 0 radical (unpaired) electrons. The van der Waals surface area contributed by atoms with Crippen LogP contribution in [0.2, 0.25) is 0 Å². The van der Waals surface area contributed by atoms with E-state index < -0.39 is 16.0 Å². The fraction of sp³-hybridized carbons (Fsp3) is 0.417. The van der Waals surface area contributed by atoms with Crippen LogP contribution in [-0.2, 0) is 14.8 Å². The third-order valence-electron chi connectivity index (χ3n) is 2.63. The maximum Gasteiger partial charge on any atom is 0.338 e. The van der Waals surface area contributed by atoms with Crippen molar-refractivity contribution in [3.63, 3.8) is 0 Å². The molecule has 1 aromatic rings. The number of rotatable bonds is 4. The van der Waals surface area contributed by atoms with E-state index in [9.17, 15) is 13.2 Å². The van der Waals surface area contributed by atoms with Gasteiger partial charge < -0.3 is 4.74 Å². The summed E-state index contributed by atoms with van der Waals surface area (Å²) in [5.41, 5.74) is 1.63. The quantitative estimate of drug-likeness (QED) is 0.841. The number of ether oxygens (including phenoxy) is 1. The number of aryl methyl sites for hydroxylation is 1. The SMILES string of the molecule is CCCOC(=O)c1cc(S(N)(=O)=O)cc(C)c1C. The third kappa shape index (κ3) is 3.30. The molecule has 6 heteroatoms. The minimum atomic E-state index is -3.83. The standard InChI is InChI=1S/C12H17NO4S/c1-4-5-17-12(14)11-7-10(18(13,15)16)6-8(2)9(11)3/h6-7H,4-5H2,1-3H3,(H2,13,15,16). The van der Waals surface area contributed by atoms with Crippen molar-refractivity contribution >= 4 is 16.0 Å². The summed E-state index contributed by atoms with van der Waals surface area (Å²) >= 11 is 0. The van der Waals surface area contributed by atoms with E-state index >= 15 is 0 Å². The second kappa shape index (κ2) is 5.49. The average molecular weight is 271 g/mol. The second-order valence-corrected chi connectivity index (χ2v) is 5.66. The molecule has 0 unspecified atom stereocenters. The number of nitrogens with two attached hydrogens (primary N) is 1. The van der Waals surface area contributed by atoms with Crippen molar-refractivity contribution in [3.05, 3.63) is 28.8 Å². The zero-order valence-corrected chi connectivity index (χ0v) is 11.5. The van der Waals surface area contributed by atoms with E-state index in [4.69, 9.17) is 9.88 Å². The van der Waals surface area contributed by atoms with Crippen molar-refractivity contribution in [2.75, 3.05) is 6.61 Å². The molecule has 0 saturated heterocycles. The summed E-state index contributed by atoms with van der Waals surface area (Å²) in [6, 6.07) is 2.71. The van der Waals surface area contributed by atoms with Gasteiger partial charge in [-0.05, 0) is 43.5 Å². The maximum atomic E-state index is 11.8. The molecule has 0 atom stereocenters. The molecule has 5 nitrogen and oxygen atoms in total. The van der Waals surface area contributed by atoms with Gasteiger partial charge >= 0.3 is 5.97 Å². The van der Waals surface area contributed by atoms with Gasteiger partial charge in [0.05, 0.1) is 17.1 Å². The molecule has 0 saturated carbocycles. The molecule has 0 aromatic heterocycles. The van der Waals surface area contributed by atoms with Gasteiger partial charge in [0, 0.05) is 0 Å². The average Bonchev–Trinajstić information content (AvgIpc) is 2.27. The number of primary sulfonamides is 1. The van der Waals surface area contributed by atoms with Crippen LogP contribution < -0.4 is 5.14 Å². The Hall–Kier alpha value is -1.40. The number of hydrogen-bond acceptors (Lipinski definition) is 4. The Morgan fingerprint density at radius 3 is 2.44 bits per heavy atom. The molecular weight excluding hydrogens is 254 g/mol. The molecular formula is C12H17NO4S. The first-order valence-electron chi connectivity index (χ1n) is 5.58. The van der Waals surface area contributed by atoms with E-state index in [2.05, 4.69) is 0 Å². The van der Waals surface area contributed by atoms with Crippen LogP contribution in [0.25, 0.3) is 0 Å². The van der Waals surface area contributed by atoms with Gasteiger partial charge in [-0.1, -0.05) is 6.92 Å². The van der Waals surface area contributed by atoms with Gasteiger partial charge in [0.1, 0.15) is 0 Å². The highest BCUT2D eigenvalue weighted by Crippen LogP contribution is 2.20. The van der Waals surface area contributed by atoms with Crippen LogP contribution >= 0.6 is 0 Å². The summed E-state index contributed by atoms with van der Waals surface area (Å²) in [5.74, 6) is -0.525. The first-order chi connectivity index (χ1) is 8.27. The molecule has 0 spiro atoms. The fourth-order valence-electron chi connectivity index (χ4n) is 1.48. The molecule has 0 heterocycles. The Morgan fingerprint density at radius 2 is 1.94 bits per heavy atom. The van der Waals surface area contributed by atoms with Crippen molar-refractivity contribution in [3.8, 4) is 0 Å². The van der Waals surface area contributed by atoms with Gasteiger partial charge in [-0.3, -0.25) is 0 Å². The summed E-state index contributed by atoms with van der Waals surface area (Å²) in [5, 5.41) is 5.07. The second-order valence-electron chi connectivity index (χ2n) is 4.09. The van der Waals surface area contributed by atoms with Crippen LogP contribution in [0.4, 0.5) is 0 Å². The lowest BCUT2D eigenvalue weighted by Gasteiger charge is -2.10. The van der Waals surface area contributed by atoms with Gasteiger partial charge in [0.25, 0.3) is 0 Å². The lowest BCUT2D eigenvalue weighted by Crippen LogP contribution is -2.15. The van der Waals surface area contributed by atoms with Crippen molar-refractivity contribution in [2.45, 2.75) is 32.1 Å². The highest BCUT2D eigenvalue weighted by atomic mass is 32.2. The number of carbonyl (C=O) groups excluding carboxylic acids is 1. The largest absolute Gasteiger partial charge is 0.462 e. The minimum Gasteiger partial charge on any atom is -0.462 e. The normalized spacial score (nSPS) is 11.3. The minimum absolute atomic E-state index is 0.0750. The number of carbonyl (C=O) groups is 1. The van der Waals surface area contributed by atoms with Crippen molar-refractivity contribution in [2.24, 2.45) is 5.14 Å². The van der Waals surface area contributed by atoms with Crippen molar-refractivity contribution in [1.82, 2.24) is 0 Å². The third-order valence-corrected chi connectivity index (χ3v) is 3.52. The fourth-order valence-corrected chi connectivity index (χ4v) is 2.10. The Morgan fingerprint density at radius 1 is 1.33 bits per heavy atom. The zero-order chi connectivity index (χ0) is 13.9. The smallest absolute Gasteiger partial charge is 0.338 e. The number of hydrogen-bond donors (Lipinski definition) is 1. The number of esters is 1. The highest BCUT2D eigenvalue weighted by molar-refractivity contribution is 7.89. The lowest BCUT2D eigenvalue weighted by molar-refractivity contribution is 0.0504. The van der Waals surface area contributed by atoms with Gasteiger partial charge in [-0.15, -0.1) is 0 Å². The van der Waals surface area contributed by atoms with E-state index in [1.165, 1.54) is 12.1 Å². The van der Waals surface area contributed by atoms with Gasteiger partial charge in [0.15, 0.2) is 0 Å². The van der Waals surface area contributed by atoms with Crippen molar-refractivity contribution < 1.29 is 17.9 Å². The maximum absolute atomic E-state index is 11.8. The lowest BCUT2D eigenvalue weighted by atomic mass is 10.0. The molecule has 0 amide bonds. The van der Waals surface area contributed by atoms with Gasteiger partial charge in [0.2, 0.25) is 10.0 Å². The summed E-state index contributed by atoms with van der Waals surface area (Å²) in [6.45, 7) is 5.65. The Bertz CT molecular complexity index is 564.